The average Bonchev–Trinajstić information content (AvgIpc) is 2.30. The van der Waals surface area contributed by atoms with Crippen LogP contribution in [-0.4, -0.2) is 42.5 Å². The smallest absolute Gasteiger partial charge is 0.254 e. The van der Waals surface area contributed by atoms with E-state index < -0.39 is 0 Å². The fraction of sp³-hybridized carbons (Fsp3) is 0.538. The highest BCUT2D eigenvalue weighted by Gasteiger charge is 2.20. The SMILES string of the molecule is CC(C)C(CN(C)C)NC(=O)c1cc(Br)cnc1Cl. The van der Waals surface area contributed by atoms with Crippen LogP contribution in [0.1, 0.15) is 24.2 Å². The second-order valence-corrected chi connectivity index (χ2v) is 6.35. The zero-order valence-electron chi connectivity index (χ0n) is 11.6. The molecule has 1 atom stereocenters. The molecule has 0 spiro atoms. The van der Waals surface area contributed by atoms with Crippen LogP contribution in [0.2, 0.25) is 5.15 Å². The van der Waals surface area contributed by atoms with Crippen molar-refractivity contribution in [2.45, 2.75) is 19.9 Å². The Morgan fingerprint density at radius 1 is 1.53 bits per heavy atom. The van der Waals surface area contributed by atoms with Crippen LogP contribution in [0.15, 0.2) is 16.7 Å². The molecule has 1 N–H and O–H groups in total. The molecule has 6 heteroatoms. The second kappa shape index (κ2) is 7.22. The first-order valence-electron chi connectivity index (χ1n) is 6.08. The molecule has 0 aliphatic rings. The maximum absolute atomic E-state index is 12.2. The number of likely N-dealkylation sites (N-methyl/N-ethyl adjacent to an activating group) is 1. The molecule has 0 radical (unpaired) electrons. The highest BCUT2D eigenvalue weighted by Crippen LogP contribution is 2.18. The zero-order valence-corrected chi connectivity index (χ0v) is 13.9. The Kier molecular flexibility index (Phi) is 6.23. The lowest BCUT2D eigenvalue weighted by atomic mass is 10.0. The van der Waals surface area contributed by atoms with E-state index in [1.54, 1.807) is 12.3 Å². The molecule has 0 aromatic carbocycles. The number of nitrogens with zero attached hydrogens (tertiary/aromatic N) is 2. The van der Waals surface area contributed by atoms with Gasteiger partial charge in [0.25, 0.3) is 5.91 Å². The predicted octanol–water partition coefficient (Wildman–Crippen LogP) is 2.81. The Morgan fingerprint density at radius 3 is 2.68 bits per heavy atom. The van der Waals surface area contributed by atoms with Crippen LogP contribution in [0.25, 0.3) is 0 Å². The zero-order chi connectivity index (χ0) is 14.6. The molecule has 1 aromatic rings. The van der Waals surface area contributed by atoms with Crippen LogP contribution in [0.3, 0.4) is 0 Å². The van der Waals surface area contributed by atoms with E-state index in [1.807, 2.05) is 19.0 Å². The fourth-order valence-electron chi connectivity index (χ4n) is 1.64. The van der Waals surface area contributed by atoms with Gasteiger partial charge in [0.05, 0.1) is 5.56 Å². The van der Waals surface area contributed by atoms with Crippen molar-refractivity contribution in [3.8, 4) is 0 Å². The highest BCUT2D eigenvalue weighted by atomic mass is 79.9. The minimum Gasteiger partial charge on any atom is -0.348 e. The van der Waals surface area contributed by atoms with E-state index in [0.717, 1.165) is 11.0 Å². The maximum Gasteiger partial charge on any atom is 0.254 e. The summed E-state index contributed by atoms with van der Waals surface area (Å²) >= 11 is 9.25. The summed E-state index contributed by atoms with van der Waals surface area (Å²) in [6, 6.07) is 1.75. The lowest BCUT2D eigenvalue weighted by molar-refractivity contribution is 0.0916. The van der Waals surface area contributed by atoms with E-state index >= 15 is 0 Å². The number of rotatable bonds is 5. The summed E-state index contributed by atoms with van der Waals surface area (Å²) in [6.07, 6.45) is 1.57. The van der Waals surface area contributed by atoms with E-state index in [0.29, 0.717) is 11.5 Å². The van der Waals surface area contributed by atoms with Crippen molar-refractivity contribution in [2.24, 2.45) is 5.92 Å². The van der Waals surface area contributed by atoms with Gasteiger partial charge in [0.15, 0.2) is 0 Å². The van der Waals surface area contributed by atoms with Crippen molar-refractivity contribution < 1.29 is 4.79 Å². The molecule has 106 valence electrons. The molecule has 0 saturated carbocycles. The first-order chi connectivity index (χ1) is 8.81. The van der Waals surface area contributed by atoms with Crippen molar-refractivity contribution in [1.29, 1.82) is 0 Å². The molecule has 19 heavy (non-hydrogen) atoms. The number of carbonyl (C=O) groups is 1. The van der Waals surface area contributed by atoms with Crippen molar-refractivity contribution in [3.63, 3.8) is 0 Å². The van der Waals surface area contributed by atoms with E-state index in [1.165, 1.54) is 0 Å². The van der Waals surface area contributed by atoms with E-state index in [2.05, 4.69) is 40.1 Å². The molecule has 1 amide bonds. The van der Waals surface area contributed by atoms with Crippen LogP contribution in [-0.2, 0) is 0 Å². The first-order valence-corrected chi connectivity index (χ1v) is 7.25. The van der Waals surface area contributed by atoms with Gasteiger partial charge in [-0.1, -0.05) is 25.4 Å². The van der Waals surface area contributed by atoms with Gasteiger partial charge in [-0.25, -0.2) is 4.98 Å². The molecule has 0 saturated heterocycles. The highest BCUT2D eigenvalue weighted by molar-refractivity contribution is 9.10. The lowest BCUT2D eigenvalue weighted by Gasteiger charge is -2.25. The molecular formula is C13H19BrClN3O. The maximum atomic E-state index is 12.2. The number of pyridine rings is 1. The van der Waals surface area contributed by atoms with Gasteiger partial charge in [-0.3, -0.25) is 4.79 Å². The summed E-state index contributed by atoms with van der Waals surface area (Å²) in [7, 11) is 3.96. The number of halogens is 2. The minimum absolute atomic E-state index is 0.0672. The minimum atomic E-state index is -0.195. The molecule has 1 unspecified atom stereocenters. The van der Waals surface area contributed by atoms with Gasteiger partial charge in [0.1, 0.15) is 5.15 Å². The number of hydrogen-bond donors (Lipinski definition) is 1. The van der Waals surface area contributed by atoms with Gasteiger partial charge < -0.3 is 10.2 Å². The van der Waals surface area contributed by atoms with Gasteiger partial charge in [-0.2, -0.15) is 0 Å². The third-order valence-corrected chi connectivity index (χ3v) is 3.47. The molecule has 0 aliphatic carbocycles. The molecule has 0 aliphatic heterocycles. The topological polar surface area (TPSA) is 45.2 Å². The standard InChI is InChI=1S/C13H19BrClN3O/c1-8(2)11(7-18(3)4)17-13(19)10-5-9(14)6-16-12(10)15/h5-6,8,11H,7H2,1-4H3,(H,17,19). The Hall–Kier alpha value is -0.650. The van der Waals surface area contributed by atoms with Crippen molar-refractivity contribution in [2.75, 3.05) is 20.6 Å². The quantitative estimate of drug-likeness (QED) is 0.832. The van der Waals surface area contributed by atoms with Crippen LogP contribution in [0.4, 0.5) is 0 Å². The molecule has 0 bridgehead atoms. The predicted molar refractivity (Wildman–Crippen MR) is 81.6 cm³/mol. The molecule has 4 nitrogen and oxygen atoms in total. The average molecular weight is 349 g/mol. The summed E-state index contributed by atoms with van der Waals surface area (Å²) in [6.45, 7) is 4.94. The number of hydrogen-bond acceptors (Lipinski definition) is 3. The summed E-state index contributed by atoms with van der Waals surface area (Å²) in [4.78, 5) is 18.2. The third kappa shape index (κ3) is 5.09. The van der Waals surface area contributed by atoms with Crippen molar-refractivity contribution in [3.05, 3.63) is 27.5 Å². The third-order valence-electron chi connectivity index (χ3n) is 2.73. The van der Waals surface area contributed by atoms with Gasteiger partial charge in [0, 0.05) is 23.3 Å². The normalized spacial score (nSPS) is 12.8. The van der Waals surface area contributed by atoms with Crippen LogP contribution in [0, 0.1) is 5.92 Å². The van der Waals surface area contributed by atoms with Gasteiger partial charge in [-0.15, -0.1) is 0 Å². The van der Waals surface area contributed by atoms with Crippen molar-refractivity contribution >= 4 is 33.4 Å². The van der Waals surface area contributed by atoms with Crippen molar-refractivity contribution in [1.82, 2.24) is 15.2 Å². The summed E-state index contributed by atoms with van der Waals surface area (Å²) in [5.74, 6) is 0.143. The summed E-state index contributed by atoms with van der Waals surface area (Å²) in [5.41, 5.74) is 0.389. The number of amides is 1. The number of carbonyl (C=O) groups excluding carboxylic acids is 1. The number of aromatic nitrogens is 1. The largest absolute Gasteiger partial charge is 0.348 e. The first kappa shape index (κ1) is 16.4. The van der Waals surface area contributed by atoms with Gasteiger partial charge in [-0.05, 0) is 42.0 Å². The van der Waals surface area contributed by atoms with E-state index in [4.69, 9.17) is 11.6 Å². The Labute approximate surface area is 127 Å². The van der Waals surface area contributed by atoms with Crippen LogP contribution in [0.5, 0.6) is 0 Å². The summed E-state index contributed by atoms with van der Waals surface area (Å²) < 4.78 is 0.732. The number of nitrogens with one attached hydrogen (secondary N) is 1. The van der Waals surface area contributed by atoms with E-state index in [-0.39, 0.29) is 17.1 Å². The second-order valence-electron chi connectivity index (χ2n) is 5.08. The van der Waals surface area contributed by atoms with Crippen LogP contribution >= 0.6 is 27.5 Å². The van der Waals surface area contributed by atoms with E-state index in [9.17, 15) is 4.79 Å². The summed E-state index contributed by atoms with van der Waals surface area (Å²) in [5, 5.41) is 3.22. The molecule has 1 rings (SSSR count). The molecule has 0 fully saturated rings. The Balaban J connectivity index is 2.84. The monoisotopic (exact) mass is 347 g/mol. The van der Waals surface area contributed by atoms with Gasteiger partial charge >= 0.3 is 0 Å². The lowest BCUT2D eigenvalue weighted by Crippen LogP contribution is -2.45. The van der Waals surface area contributed by atoms with Crippen LogP contribution < -0.4 is 5.32 Å². The Bertz CT molecular complexity index is 452. The molecular weight excluding hydrogens is 330 g/mol. The Morgan fingerprint density at radius 2 is 2.16 bits per heavy atom. The molecule has 1 heterocycles. The molecule has 1 aromatic heterocycles. The fourth-order valence-corrected chi connectivity index (χ4v) is 2.16. The van der Waals surface area contributed by atoms with Gasteiger partial charge in [0.2, 0.25) is 0 Å².